The van der Waals surface area contributed by atoms with Crippen molar-refractivity contribution in [3.05, 3.63) is 65.0 Å². The molecule has 27 heavy (non-hydrogen) atoms. The van der Waals surface area contributed by atoms with Gasteiger partial charge in [-0.15, -0.1) is 0 Å². The molecule has 1 aliphatic heterocycles. The summed E-state index contributed by atoms with van der Waals surface area (Å²) < 4.78 is 2.33. The third-order valence-electron chi connectivity index (χ3n) is 6.05. The summed E-state index contributed by atoms with van der Waals surface area (Å²) in [5.41, 5.74) is 5.45. The molecule has 2 aromatic carbocycles. The van der Waals surface area contributed by atoms with Crippen LogP contribution in [0.1, 0.15) is 65.5 Å². The van der Waals surface area contributed by atoms with Crippen molar-refractivity contribution in [3.63, 3.8) is 0 Å². The molecule has 1 aromatic heterocycles. The Morgan fingerprint density at radius 3 is 2.93 bits per heavy atom. The third kappa shape index (κ3) is 3.03. The zero-order chi connectivity index (χ0) is 18.2. The number of carbonyl (C=O) groups excluding carboxylic acids is 1. The largest absolute Gasteiger partial charge is 0.345 e. The molecule has 0 spiro atoms. The van der Waals surface area contributed by atoms with Crippen LogP contribution in [0.4, 0.5) is 0 Å². The predicted molar refractivity (Wildman–Crippen MR) is 107 cm³/mol. The molecule has 4 nitrogen and oxygen atoms in total. The SMILES string of the molecule is O=C(NC1CCCc2ccccc21)c1ccc2c(c1)nc1n2CCCCC1. The summed E-state index contributed by atoms with van der Waals surface area (Å²) in [7, 11) is 0. The van der Waals surface area contributed by atoms with E-state index in [2.05, 4.69) is 40.2 Å². The first-order valence-electron chi connectivity index (χ1n) is 10.2. The van der Waals surface area contributed by atoms with E-state index in [1.807, 2.05) is 12.1 Å². The van der Waals surface area contributed by atoms with Crippen LogP contribution in [0.15, 0.2) is 42.5 Å². The molecule has 1 N–H and O–H groups in total. The summed E-state index contributed by atoms with van der Waals surface area (Å²) in [6, 6.07) is 14.6. The maximum absolute atomic E-state index is 12.9. The smallest absolute Gasteiger partial charge is 0.251 e. The third-order valence-corrected chi connectivity index (χ3v) is 6.05. The number of amides is 1. The van der Waals surface area contributed by atoms with Gasteiger partial charge in [-0.1, -0.05) is 30.7 Å². The van der Waals surface area contributed by atoms with Crippen LogP contribution >= 0.6 is 0 Å². The molecular formula is C23H25N3O. The average molecular weight is 359 g/mol. The van der Waals surface area contributed by atoms with Gasteiger partial charge in [0.2, 0.25) is 0 Å². The molecule has 1 atom stereocenters. The minimum absolute atomic E-state index is 0.00166. The number of hydrogen-bond acceptors (Lipinski definition) is 2. The maximum atomic E-state index is 12.9. The molecule has 0 saturated carbocycles. The number of aryl methyl sites for hydroxylation is 3. The van der Waals surface area contributed by atoms with Gasteiger partial charge in [-0.2, -0.15) is 0 Å². The van der Waals surface area contributed by atoms with E-state index in [0.717, 1.165) is 43.3 Å². The summed E-state index contributed by atoms with van der Waals surface area (Å²) in [6.07, 6.45) is 7.95. The van der Waals surface area contributed by atoms with Crippen molar-refractivity contribution in [2.45, 2.75) is 57.5 Å². The van der Waals surface area contributed by atoms with Gasteiger partial charge in [-0.3, -0.25) is 4.79 Å². The van der Waals surface area contributed by atoms with Gasteiger partial charge in [0.15, 0.2) is 0 Å². The van der Waals surface area contributed by atoms with Crippen LogP contribution < -0.4 is 5.32 Å². The lowest BCUT2D eigenvalue weighted by Gasteiger charge is -2.26. The van der Waals surface area contributed by atoms with Crippen molar-refractivity contribution in [2.24, 2.45) is 0 Å². The topological polar surface area (TPSA) is 46.9 Å². The predicted octanol–water partition coefficient (Wildman–Crippen LogP) is 4.57. The molecule has 0 fully saturated rings. The molecule has 0 saturated heterocycles. The van der Waals surface area contributed by atoms with Gasteiger partial charge in [0.25, 0.3) is 5.91 Å². The molecule has 0 bridgehead atoms. The fourth-order valence-corrected chi connectivity index (χ4v) is 4.64. The first-order valence-corrected chi connectivity index (χ1v) is 10.2. The number of nitrogens with zero attached hydrogens (tertiary/aromatic N) is 2. The van der Waals surface area contributed by atoms with Crippen molar-refractivity contribution in [1.82, 2.24) is 14.9 Å². The van der Waals surface area contributed by atoms with E-state index in [1.165, 1.54) is 36.2 Å². The standard InChI is InChI=1S/C23H25N3O/c27-23(25-19-10-6-8-16-7-3-4-9-18(16)19)17-12-13-21-20(15-17)24-22-11-2-1-5-14-26(21)22/h3-4,7,9,12-13,15,19H,1-2,5-6,8,10-11,14H2,(H,25,27). The highest BCUT2D eigenvalue weighted by Crippen LogP contribution is 2.30. The number of hydrogen-bond donors (Lipinski definition) is 1. The molecule has 3 aromatic rings. The van der Waals surface area contributed by atoms with Gasteiger partial charge in [-0.05, 0) is 61.4 Å². The van der Waals surface area contributed by atoms with E-state index in [0.29, 0.717) is 5.56 Å². The van der Waals surface area contributed by atoms with Crippen molar-refractivity contribution in [1.29, 1.82) is 0 Å². The first kappa shape index (κ1) is 16.5. The quantitative estimate of drug-likeness (QED) is 0.728. The fraction of sp³-hybridized carbons (Fsp3) is 0.391. The first-order chi connectivity index (χ1) is 13.3. The second kappa shape index (κ2) is 6.84. The molecule has 5 rings (SSSR count). The van der Waals surface area contributed by atoms with Crippen LogP contribution in [0.25, 0.3) is 11.0 Å². The minimum Gasteiger partial charge on any atom is -0.345 e. The molecule has 4 heteroatoms. The number of rotatable bonds is 2. The van der Waals surface area contributed by atoms with E-state index < -0.39 is 0 Å². The van der Waals surface area contributed by atoms with E-state index in [-0.39, 0.29) is 11.9 Å². The van der Waals surface area contributed by atoms with Crippen molar-refractivity contribution >= 4 is 16.9 Å². The number of aromatic nitrogens is 2. The number of nitrogens with one attached hydrogen (secondary N) is 1. The molecule has 0 radical (unpaired) electrons. The van der Waals surface area contributed by atoms with E-state index in [9.17, 15) is 4.79 Å². The molecule has 2 aliphatic rings. The maximum Gasteiger partial charge on any atom is 0.251 e. The summed E-state index contributed by atoms with van der Waals surface area (Å²) in [4.78, 5) is 17.7. The van der Waals surface area contributed by atoms with Crippen molar-refractivity contribution < 1.29 is 4.79 Å². The Bertz CT molecular complexity index is 1000. The van der Waals surface area contributed by atoms with Gasteiger partial charge < -0.3 is 9.88 Å². The summed E-state index contributed by atoms with van der Waals surface area (Å²) in [5, 5.41) is 3.25. The molecule has 1 aliphatic carbocycles. The van der Waals surface area contributed by atoms with Gasteiger partial charge in [0.1, 0.15) is 5.82 Å². The molecule has 1 amide bonds. The van der Waals surface area contributed by atoms with Crippen LogP contribution in [0.3, 0.4) is 0 Å². The zero-order valence-corrected chi connectivity index (χ0v) is 15.6. The number of benzene rings is 2. The molecule has 138 valence electrons. The summed E-state index contributed by atoms with van der Waals surface area (Å²) in [6.45, 7) is 1.04. The molecule has 1 unspecified atom stereocenters. The molecule has 2 heterocycles. The zero-order valence-electron chi connectivity index (χ0n) is 15.6. The highest BCUT2D eigenvalue weighted by Gasteiger charge is 2.22. The minimum atomic E-state index is 0.00166. The Morgan fingerprint density at radius 1 is 1.04 bits per heavy atom. The van der Waals surface area contributed by atoms with Crippen LogP contribution in [-0.2, 0) is 19.4 Å². The summed E-state index contributed by atoms with van der Waals surface area (Å²) >= 11 is 0. The second-order valence-electron chi connectivity index (χ2n) is 7.81. The van der Waals surface area contributed by atoms with Gasteiger partial charge >= 0.3 is 0 Å². The van der Waals surface area contributed by atoms with Crippen LogP contribution in [0.5, 0.6) is 0 Å². The highest BCUT2D eigenvalue weighted by molar-refractivity contribution is 5.97. The monoisotopic (exact) mass is 359 g/mol. The Labute approximate surface area is 159 Å². The lowest BCUT2D eigenvalue weighted by atomic mass is 9.87. The van der Waals surface area contributed by atoms with Crippen LogP contribution in [0, 0.1) is 0 Å². The van der Waals surface area contributed by atoms with E-state index >= 15 is 0 Å². The van der Waals surface area contributed by atoms with Gasteiger partial charge in [-0.25, -0.2) is 4.98 Å². The lowest BCUT2D eigenvalue weighted by molar-refractivity contribution is 0.0933. The van der Waals surface area contributed by atoms with Gasteiger partial charge in [0, 0.05) is 18.5 Å². The van der Waals surface area contributed by atoms with Gasteiger partial charge in [0.05, 0.1) is 17.1 Å². The van der Waals surface area contributed by atoms with E-state index in [4.69, 9.17) is 4.98 Å². The highest BCUT2D eigenvalue weighted by atomic mass is 16.1. The van der Waals surface area contributed by atoms with Crippen molar-refractivity contribution in [2.75, 3.05) is 0 Å². The van der Waals surface area contributed by atoms with Crippen LogP contribution in [-0.4, -0.2) is 15.5 Å². The Kier molecular flexibility index (Phi) is 4.19. The fourth-order valence-electron chi connectivity index (χ4n) is 4.64. The number of fused-ring (bicyclic) bond motifs is 4. The summed E-state index contributed by atoms with van der Waals surface area (Å²) in [5.74, 6) is 1.17. The number of imidazole rings is 1. The Balaban J connectivity index is 1.42. The molecular weight excluding hydrogens is 334 g/mol. The Morgan fingerprint density at radius 2 is 1.96 bits per heavy atom. The van der Waals surface area contributed by atoms with Crippen LogP contribution in [0.2, 0.25) is 0 Å². The average Bonchev–Trinajstić information content (AvgIpc) is 2.88. The lowest BCUT2D eigenvalue weighted by Crippen LogP contribution is -2.30. The Hall–Kier alpha value is -2.62. The normalized spacial score (nSPS) is 19.2. The van der Waals surface area contributed by atoms with E-state index in [1.54, 1.807) is 0 Å². The van der Waals surface area contributed by atoms with Crippen molar-refractivity contribution in [3.8, 4) is 0 Å². The second-order valence-corrected chi connectivity index (χ2v) is 7.81. The number of carbonyl (C=O) groups is 1.